The van der Waals surface area contributed by atoms with Crippen molar-refractivity contribution >= 4 is 39.2 Å². The number of carbonyl (C=O) groups excluding carboxylic acids is 1. The van der Waals surface area contributed by atoms with Gasteiger partial charge in [-0.2, -0.15) is 0 Å². The highest BCUT2D eigenvalue weighted by molar-refractivity contribution is 7.19. The number of hydrogen-bond donors (Lipinski definition) is 1. The molecule has 1 N–H and O–H groups in total. The Labute approximate surface area is 142 Å². The first kappa shape index (κ1) is 16.0. The van der Waals surface area contributed by atoms with Crippen molar-refractivity contribution in [3.63, 3.8) is 0 Å². The van der Waals surface area contributed by atoms with Crippen LogP contribution in [0, 0.1) is 0 Å². The van der Waals surface area contributed by atoms with E-state index < -0.39 is 5.97 Å². The van der Waals surface area contributed by atoms with E-state index in [-0.39, 0.29) is 12.2 Å². The van der Waals surface area contributed by atoms with E-state index in [9.17, 15) is 15.0 Å². The number of carbonyl (C=O) groups is 1. The molecule has 0 bridgehead atoms. The number of fused-ring (bicyclic) bond motifs is 1. The quantitative estimate of drug-likeness (QED) is 0.772. The number of para-hydroxylation sites is 1. The topological polar surface area (TPSA) is 82.5 Å². The van der Waals surface area contributed by atoms with Crippen molar-refractivity contribution in [2.75, 3.05) is 7.11 Å². The maximum absolute atomic E-state index is 11.1. The van der Waals surface area contributed by atoms with Crippen LogP contribution < -0.4 is 9.84 Å². The maximum atomic E-state index is 11.1. The van der Waals surface area contributed by atoms with Gasteiger partial charge < -0.3 is 19.7 Å². The van der Waals surface area contributed by atoms with Crippen molar-refractivity contribution in [3.05, 3.63) is 53.0 Å². The monoisotopic (exact) mass is 340 g/mol. The summed E-state index contributed by atoms with van der Waals surface area (Å²) in [5, 5.41) is 21.6. The first-order valence-electron chi connectivity index (χ1n) is 7.20. The second kappa shape index (κ2) is 6.72. The molecule has 3 rings (SSSR count). The standard InChI is InChI=1S/C18H15NO4S/c1-23-15-7-6-11(9-14(15)20)8-12(10-17(21)22)18-19-13-4-2-3-5-16(13)24-18/h2-9,20H,10H2,1H3,(H,21,22)/p-1/b12-8+. The third-order valence-corrected chi connectivity index (χ3v) is 4.56. The van der Waals surface area contributed by atoms with Gasteiger partial charge in [-0.3, -0.25) is 0 Å². The summed E-state index contributed by atoms with van der Waals surface area (Å²) in [5.74, 6) is -0.838. The second-order valence-corrected chi connectivity index (χ2v) is 6.17. The van der Waals surface area contributed by atoms with Gasteiger partial charge in [-0.05, 0) is 41.5 Å². The van der Waals surface area contributed by atoms with Crippen molar-refractivity contribution in [2.24, 2.45) is 0 Å². The zero-order valence-electron chi connectivity index (χ0n) is 12.9. The predicted octanol–water partition coefficient (Wildman–Crippen LogP) is 2.69. The third-order valence-electron chi connectivity index (χ3n) is 3.45. The molecule has 1 aromatic heterocycles. The molecule has 2 aromatic carbocycles. The molecule has 122 valence electrons. The molecule has 3 aromatic rings. The molecular weight excluding hydrogens is 326 g/mol. The van der Waals surface area contributed by atoms with Gasteiger partial charge in [-0.15, -0.1) is 11.3 Å². The highest BCUT2D eigenvalue weighted by Crippen LogP contribution is 2.32. The highest BCUT2D eigenvalue weighted by atomic mass is 32.1. The van der Waals surface area contributed by atoms with E-state index in [4.69, 9.17) is 4.74 Å². The SMILES string of the molecule is COc1ccc(/C=C(\CC(=O)[O-])c2nc3ccccc3s2)cc1O. The zero-order chi connectivity index (χ0) is 17.1. The smallest absolute Gasteiger partial charge is 0.160 e. The lowest BCUT2D eigenvalue weighted by atomic mass is 10.1. The van der Waals surface area contributed by atoms with Crippen LogP contribution in [0.2, 0.25) is 0 Å². The number of aliphatic carboxylic acids is 1. The van der Waals surface area contributed by atoms with Crippen LogP contribution in [0.5, 0.6) is 11.5 Å². The average molecular weight is 340 g/mol. The molecule has 0 fully saturated rings. The van der Waals surface area contributed by atoms with Gasteiger partial charge in [-0.1, -0.05) is 18.2 Å². The molecular formula is C18H14NO4S-. The van der Waals surface area contributed by atoms with Gasteiger partial charge in [0.1, 0.15) is 5.01 Å². The van der Waals surface area contributed by atoms with Crippen LogP contribution in [0.15, 0.2) is 42.5 Å². The van der Waals surface area contributed by atoms with E-state index in [0.717, 1.165) is 10.2 Å². The van der Waals surface area contributed by atoms with E-state index >= 15 is 0 Å². The largest absolute Gasteiger partial charge is 0.550 e. The minimum absolute atomic E-state index is 0.0108. The Bertz CT molecular complexity index is 897. The molecule has 0 saturated carbocycles. The Morgan fingerprint density at radius 3 is 2.79 bits per heavy atom. The molecule has 24 heavy (non-hydrogen) atoms. The normalized spacial score (nSPS) is 11.6. The lowest BCUT2D eigenvalue weighted by Crippen LogP contribution is -2.22. The van der Waals surface area contributed by atoms with E-state index in [1.807, 2.05) is 24.3 Å². The van der Waals surface area contributed by atoms with E-state index in [2.05, 4.69) is 4.98 Å². The first-order chi connectivity index (χ1) is 11.6. The summed E-state index contributed by atoms with van der Waals surface area (Å²) in [5.41, 5.74) is 2.00. The van der Waals surface area contributed by atoms with Gasteiger partial charge in [0.05, 0.1) is 17.3 Å². The molecule has 0 amide bonds. The van der Waals surface area contributed by atoms with Crippen molar-refractivity contribution in [2.45, 2.75) is 6.42 Å². The van der Waals surface area contributed by atoms with Crippen LogP contribution in [0.4, 0.5) is 0 Å². The average Bonchev–Trinajstić information content (AvgIpc) is 2.98. The Morgan fingerprint density at radius 2 is 2.12 bits per heavy atom. The van der Waals surface area contributed by atoms with Crippen LogP contribution in [0.3, 0.4) is 0 Å². The number of nitrogens with zero attached hydrogens (tertiary/aromatic N) is 1. The number of rotatable bonds is 5. The number of phenolic OH excluding ortho intramolecular Hbond substituents is 1. The number of carboxylic acid groups (broad SMARTS) is 1. The number of aromatic nitrogens is 1. The molecule has 0 aliphatic carbocycles. The number of aromatic hydroxyl groups is 1. The molecule has 0 aliphatic heterocycles. The first-order valence-corrected chi connectivity index (χ1v) is 8.02. The zero-order valence-corrected chi connectivity index (χ0v) is 13.7. The number of benzene rings is 2. The number of hydrogen-bond acceptors (Lipinski definition) is 6. The molecule has 0 spiro atoms. The van der Waals surface area contributed by atoms with E-state index in [1.54, 1.807) is 18.2 Å². The van der Waals surface area contributed by atoms with Gasteiger partial charge in [0.25, 0.3) is 0 Å². The van der Waals surface area contributed by atoms with E-state index in [1.165, 1.54) is 24.5 Å². The lowest BCUT2D eigenvalue weighted by molar-refractivity contribution is -0.304. The van der Waals surface area contributed by atoms with Crippen LogP contribution >= 0.6 is 11.3 Å². The van der Waals surface area contributed by atoms with Crippen molar-refractivity contribution in [3.8, 4) is 11.5 Å². The molecule has 0 aliphatic rings. The number of thiazole rings is 1. The number of phenols is 1. The molecule has 0 atom stereocenters. The number of ether oxygens (including phenoxy) is 1. The van der Waals surface area contributed by atoms with Crippen LogP contribution in [0.1, 0.15) is 17.0 Å². The van der Waals surface area contributed by atoms with Gasteiger partial charge in [0.15, 0.2) is 11.5 Å². The van der Waals surface area contributed by atoms with E-state index in [0.29, 0.717) is 21.9 Å². The Balaban J connectivity index is 2.05. The van der Waals surface area contributed by atoms with Crippen molar-refractivity contribution < 1.29 is 19.7 Å². The molecule has 5 nitrogen and oxygen atoms in total. The van der Waals surface area contributed by atoms with Crippen molar-refractivity contribution in [1.82, 2.24) is 4.98 Å². The predicted molar refractivity (Wildman–Crippen MR) is 91.8 cm³/mol. The molecule has 1 heterocycles. The number of methoxy groups -OCH3 is 1. The van der Waals surface area contributed by atoms with Crippen molar-refractivity contribution in [1.29, 1.82) is 0 Å². The summed E-state index contributed by atoms with van der Waals surface area (Å²) in [6, 6.07) is 12.5. The fourth-order valence-electron chi connectivity index (χ4n) is 2.35. The fraction of sp³-hybridized carbons (Fsp3) is 0.111. The van der Waals surface area contributed by atoms with Gasteiger partial charge in [0.2, 0.25) is 0 Å². The maximum Gasteiger partial charge on any atom is 0.160 e. The summed E-state index contributed by atoms with van der Waals surface area (Å²) in [6.45, 7) is 0. The molecule has 0 saturated heterocycles. The molecule has 0 radical (unpaired) electrons. The summed E-state index contributed by atoms with van der Waals surface area (Å²) in [7, 11) is 1.47. The Kier molecular flexibility index (Phi) is 4.48. The summed E-state index contributed by atoms with van der Waals surface area (Å²) in [4.78, 5) is 15.6. The van der Waals surface area contributed by atoms with Gasteiger partial charge in [-0.25, -0.2) is 4.98 Å². The van der Waals surface area contributed by atoms with Gasteiger partial charge in [0, 0.05) is 12.4 Å². The number of carboxylic acids is 1. The molecule has 6 heteroatoms. The summed E-state index contributed by atoms with van der Waals surface area (Å²) < 4.78 is 5.99. The van der Waals surface area contributed by atoms with Crippen LogP contribution in [-0.4, -0.2) is 23.2 Å². The summed E-state index contributed by atoms with van der Waals surface area (Å²) in [6.07, 6.45) is 1.43. The fourth-order valence-corrected chi connectivity index (χ4v) is 3.33. The Hall–Kier alpha value is -2.86. The summed E-state index contributed by atoms with van der Waals surface area (Å²) >= 11 is 1.42. The lowest BCUT2D eigenvalue weighted by Gasteiger charge is -2.07. The highest BCUT2D eigenvalue weighted by Gasteiger charge is 2.10. The van der Waals surface area contributed by atoms with Crippen LogP contribution in [-0.2, 0) is 4.79 Å². The second-order valence-electron chi connectivity index (χ2n) is 5.14. The van der Waals surface area contributed by atoms with Gasteiger partial charge >= 0.3 is 0 Å². The van der Waals surface area contributed by atoms with Crippen LogP contribution in [0.25, 0.3) is 21.9 Å². The minimum Gasteiger partial charge on any atom is -0.550 e. The third kappa shape index (κ3) is 3.38. The Morgan fingerprint density at radius 1 is 1.33 bits per heavy atom. The molecule has 0 unspecified atom stereocenters. The minimum atomic E-state index is -1.18.